The number of nitrogen functional groups attached to an aromatic ring is 1. The first kappa shape index (κ1) is 27.6. The Labute approximate surface area is 218 Å². The molecular weight excluding hydrogens is 480 g/mol. The van der Waals surface area contributed by atoms with Gasteiger partial charge in [0, 0.05) is 24.7 Å². The molecule has 192 valence electrons. The number of benzene rings is 2. The van der Waals surface area contributed by atoms with Crippen molar-refractivity contribution in [3.05, 3.63) is 53.6 Å². The Morgan fingerprint density at radius 3 is 2.54 bits per heavy atom. The van der Waals surface area contributed by atoms with Gasteiger partial charge in [-0.1, -0.05) is 44.2 Å². The fourth-order valence-corrected chi connectivity index (χ4v) is 7.09. The van der Waals surface area contributed by atoms with E-state index in [1.54, 1.807) is 19.2 Å². The largest absolute Gasteiger partial charge is 0.493 e. The predicted molar refractivity (Wildman–Crippen MR) is 148 cm³/mol. The number of anilines is 1. The third-order valence-electron chi connectivity index (χ3n) is 5.90. The third kappa shape index (κ3) is 7.72. The molecule has 0 aromatic heterocycles. The summed E-state index contributed by atoms with van der Waals surface area (Å²) in [4.78, 5) is 15.5. The standard InChI is InChI=1S/C27H38N2O4S2/c1-4-34-27(35-5-2)23-13-9-14-29(23)26(30)21-17-24(31-3)25(18-22(21)28)33-16-10-15-32-19-20-11-7-6-8-12-20/h6-8,11-12,17-18,23,27H,4-5,9-10,13-16,19,28H2,1-3H3/t23-/m0/s1. The number of nitrogens with two attached hydrogens (primary N) is 1. The molecule has 1 aliphatic heterocycles. The van der Waals surface area contributed by atoms with Gasteiger partial charge in [0.05, 0.1) is 43.1 Å². The molecule has 1 fully saturated rings. The van der Waals surface area contributed by atoms with E-state index in [2.05, 4.69) is 13.8 Å². The molecule has 0 spiro atoms. The molecule has 2 aromatic rings. The van der Waals surface area contributed by atoms with E-state index in [0.717, 1.165) is 42.9 Å². The fourth-order valence-electron chi connectivity index (χ4n) is 4.22. The lowest BCUT2D eigenvalue weighted by Crippen LogP contribution is -2.41. The Morgan fingerprint density at radius 2 is 1.86 bits per heavy atom. The number of carbonyl (C=O) groups is 1. The highest BCUT2D eigenvalue weighted by molar-refractivity contribution is 8.17. The van der Waals surface area contributed by atoms with Crippen molar-refractivity contribution in [2.45, 2.75) is 50.3 Å². The normalized spacial score (nSPS) is 15.5. The summed E-state index contributed by atoms with van der Waals surface area (Å²) >= 11 is 3.85. The molecule has 3 rings (SSSR count). The number of hydrogen-bond donors (Lipinski definition) is 1. The molecule has 0 bridgehead atoms. The van der Waals surface area contributed by atoms with Crippen molar-refractivity contribution >= 4 is 35.1 Å². The number of likely N-dealkylation sites (tertiary alicyclic amines) is 1. The van der Waals surface area contributed by atoms with Crippen LogP contribution in [-0.2, 0) is 11.3 Å². The summed E-state index contributed by atoms with van der Waals surface area (Å²) in [5, 5.41) is 0. The van der Waals surface area contributed by atoms with Gasteiger partial charge in [-0.3, -0.25) is 4.79 Å². The van der Waals surface area contributed by atoms with Crippen LogP contribution in [-0.4, -0.2) is 59.8 Å². The summed E-state index contributed by atoms with van der Waals surface area (Å²) in [5.74, 6) is 3.11. The number of hydrogen-bond acceptors (Lipinski definition) is 7. The molecule has 0 saturated carbocycles. The molecule has 0 unspecified atom stereocenters. The SMILES string of the molecule is CCSC(SCC)[C@@H]1CCCN1C(=O)c1cc(OC)c(OCCCOCc2ccccc2)cc1N. The molecule has 2 N–H and O–H groups in total. The number of methoxy groups -OCH3 is 1. The Morgan fingerprint density at radius 1 is 1.11 bits per heavy atom. The van der Waals surface area contributed by atoms with Gasteiger partial charge in [-0.05, 0) is 36.0 Å². The van der Waals surface area contributed by atoms with Crippen molar-refractivity contribution < 1.29 is 19.0 Å². The maximum Gasteiger partial charge on any atom is 0.256 e. The van der Waals surface area contributed by atoms with Gasteiger partial charge in [-0.25, -0.2) is 0 Å². The van der Waals surface area contributed by atoms with E-state index in [-0.39, 0.29) is 11.9 Å². The van der Waals surface area contributed by atoms with Crippen LogP contribution in [0.4, 0.5) is 5.69 Å². The summed E-state index contributed by atoms with van der Waals surface area (Å²) in [6, 6.07) is 13.7. The van der Waals surface area contributed by atoms with E-state index in [0.29, 0.717) is 47.2 Å². The van der Waals surface area contributed by atoms with Crippen LogP contribution in [0.15, 0.2) is 42.5 Å². The predicted octanol–water partition coefficient (Wildman–Crippen LogP) is 5.70. The zero-order valence-corrected chi connectivity index (χ0v) is 22.7. The van der Waals surface area contributed by atoms with Crippen LogP contribution in [0.5, 0.6) is 11.5 Å². The minimum absolute atomic E-state index is 0.0254. The summed E-state index contributed by atoms with van der Waals surface area (Å²) in [5.41, 5.74) is 8.40. The van der Waals surface area contributed by atoms with Crippen LogP contribution in [0.2, 0.25) is 0 Å². The van der Waals surface area contributed by atoms with Crippen LogP contribution >= 0.6 is 23.5 Å². The second-order valence-corrected chi connectivity index (χ2v) is 11.5. The zero-order valence-electron chi connectivity index (χ0n) is 21.0. The highest BCUT2D eigenvalue weighted by Gasteiger charge is 2.36. The third-order valence-corrected chi connectivity index (χ3v) is 8.67. The number of nitrogens with zero attached hydrogens (tertiary/aromatic N) is 1. The topological polar surface area (TPSA) is 74.0 Å². The van der Waals surface area contributed by atoms with Crippen LogP contribution in [0, 0.1) is 0 Å². The van der Waals surface area contributed by atoms with E-state index in [1.807, 2.05) is 58.8 Å². The lowest BCUT2D eigenvalue weighted by atomic mass is 10.1. The minimum Gasteiger partial charge on any atom is -0.493 e. The quantitative estimate of drug-likeness (QED) is 0.195. The van der Waals surface area contributed by atoms with Crippen molar-refractivity contribution in [2.24, 2.45) is 0 Å². The Kier molecular flexibility index (Phi) is 11.4. The number of carbonyl (C=O) groups excluding carboxylic acids is 1. The van der Waals surface area contributed by atoms with Gasteiger partial charge in [0.15, 0.2) is 11.5 Å². The molecule has 35 heavy (non-hydrogen) atoms. The fraction of sp³-hybridized carbons (Fsp3) is 0.519. The summed E-state index contributed by atoms with van der Waals surface area (Å²) in [7, 11) is 1.58. The molecule has 1 heterocycles. The van der Waals surface area contributed by atoms with Crippen LogP contribution in [0.3, 0.4) is 0 Å². The van der Waals surface area contributed by atoms with Gasteiger partial charge in [0.25, 0.3) is 5.91 Å². The monoisotopic (exact) mass is 518 g/mol. The number of rotatable bonds is 14. The molecular formula is C27H38N2O4S2. The van der Waals surface area contributed by atoms with Crippen molar-refractivity contribution in [3.63, 3.8) is 0 Å². The van der Waals surface area contributed by atoms with Crippen molar-refractivity contribution in [2.75, 3.05) is 44.1 Å². The Hall–Kier alpha value is -2.03. The molecule has 2 aromatic carbocycles. The van der Waals surface area contributed by atoms with Gasteiger partial charge >= 0.3 is 0 Å². The lowest BCUT2D eigenvalue weighted by Gasteiger charge is -2.31. The highest BCUT2D eigenvalue weighted by atomic mass is 32.2. The number of thioether (sulfide) groups is 2. The van der Waals surface area contributed by atoms with Gasteiger partial charge in [0.2, 0.25) is 0 Å². The molecule has 0 aliphatic carbocycles. The number of ether oxygens (including phenoxy) is 3. The van der Waals surface area contributed by atoms with E-state index >= 15 is 0 Å². The van der Waals surface area contributed by atoms with E-state index in [1.165, 1.54) is 0 Å². The Balaban J connectivity index is 1.59. The lowest BCUT2D eigenvalue weighted by molar-refractivity contribution is 0.0746. The van der Waals surface area contributed by atoms with Gasteiger partial charge in [-0.2, -0.15) is 0 Å². The average Bonchev–Trinajstić information content (AvgIpc) is 3.36. The van der Waals surface area contributed by atoms with Gasteiger partial charge in [0.1, 0.15) is 0 Å². The minimum atomic E-state index is -0.0254. The van der Waals surface area contributed by atoms with Gasteiger partial charge in [-0.15, -0.1) is 23.5 Å². The van der Waals surface area contributed by atoms with Crippen LogP contribution in [0.1, 0.15) is 49.0 Å². The van der Waals surface area contributed by atoms with Crippen molar-refractivity contribution in [1.29, 1.82) is 0 Å². The highest BCUT2D eigenvalue weighted by Crippen LogP contribution is 2.38. The van der Waals surface area contributed by atoms with E-state index in [9.17, 15) is 4.79 Å². The van der Waals surface area contributed by atoms with E-state index < -0.39 is 0 Å². The maximum atomic E-state index is 13.5. The van der Waals surface area contributed by atoms with Crippen LogP contribution in [0.25, 0.3) is 0 Å². The summed E-state index contributed by atoms with van der Waals surface area (Å²) < 4.78 is 17.6. The number of amides is 1. The molecule has 1 saturated heterocycles. The average molecular weight is 519 g/mol. The second kappa shape index (κ2) is 14.5. The zero-order chi connectivity index (χ0) is 25.0. The van der Waals surface area contributed by atoms with Gasteiger partial charge < -0.3 is 24.8 Å². The summed E-state index contributed by atoms with van der Waals surface area (Å²) in [6.45, 7) is 6.75. The van der Waals surface area contributed by atoms with Crippen LogP contribution < -0.4 is 15.2 Å². The maximum absolute atomic E-state index is 13.5. The molecule has 8 heteroatoms. The molecule has 1 atom stereocenters. The first-order chi connectivity index (χ1) is 17.1. The van der Waals surface area contributed by atoms with E-state index in [4.69, 9.17) is 19.9 Å². The molecule has 6 nitrogen and oxygen atoms in total. The second-order valence-electron chi connectivity index (χ2n) is 8.32. The summed E-state index contributed by atoms with van der Waals surface area (Å²) in [6.07, 6.45) is 2.78. The molecule has 1 aliphatic rings. The molecule has 0 radical (unpaired) electrons. The Bertz CT molecular complexity index is 923. The van der Waals surface area contributed by atoms with Crippen molar-refractivity contribution in [3.8, 4) is 11.5 Å². The van der Waals surface area contributed by atoms with Crippen molar-refractivity contribution in [1.82, 2.24) is 4.90 Å². The smallest absolute Gasteiger partial charge is 0.256 e. The first-order valence-corrected chi connectivity index (χ1v) is 14.4. The first-order valence-electron chi connectivity index (χ1n) is 12.3. The molecule has 1 amide bonds.